The fourth-order valence-corrected chi connectivity index (χ4v) is 3.54. The molecule has 1 aliphatic heterocycles. The van der Waals surface area contributed by atoms with Crippen molar-refractivity contribution in [1.82, 2.24) is 5.32 Å². The van der Waals surface area contributed by atoms with Crippen molar-refractivity contribution in [2.45, 2.75) is 6.92 Å². The van der Waals surface area contributed by atoms with Gasteiger partial charge in [0.05, 0.1) is 36.2 Å². The van der Waals surface area contributed by atoms with Crippen LogP contribution in [-0.4, -0.2) is 43.9 Å². The molecule has 3 rings (SSSR count). The largest absolute Gasteiger partial charge is 0.492 e. The summed E-state index contributed by atoms with van der Waals surface area (Å²) in [6, 6.07) is 10.4. The minimum atomic E-state index is -0.373. The van der Waals surface area contributed by atoms with Gasteiger partial charge in [-0.1, -0.05) is 23.2 Å². The third kappa shape index (κ3) is 5.73. The smallest absolute Gasteiger partial charge is 0.257 e. The highest BCUT2D eigenvalue weighted by molar-refractivity contribution is 7.80. The molecular formula is C20H21Cl2N3O3S. The van der Waals surface area contributed by atoms with E-state index in [1.54, 1.807) is 24.3 Å². The molecule has 0 spiro atoms. The Labute approximate surface area is 185 Å². The van der Waals surface area contributed by atoms with Gasteiger partial charge in [-0.15, -0.1) is 0 Å². The van der Waals surface area contributed by atoms with Crippen LogP contribution in [0.25, 0.3) is 0 Å². The van der Waals surface area contributed by atoms with E-state index in [0.29, 0.717) is 41.2 Å². The maximum Gasteiger partial charge on any atom is 0.257 e. The number of carbonyl (C=O) groups excluding carboxylic acids is 1. The molecule has 154 valence electrons. The van der Waals surface area contributed by atoms with Gasteiger partial charge in [0.25, 0.3) is 5.91 Å². The quantitative estimate of drug-likeness (QED) is 0.655. The first-order valence-electron chi connectivity index (χ1n) is 9.15. The first-order valence-corrected chi connectivity index (χ1v) is 10.3. The summed E-state index contributed by atoms with van der Waals surface area (Å²) in [7, 11) is 0. The fourth-order valence-electron chi connectivity index (χ4n) is 2.93. The number of ether oxygens (including phenoxy) is 2. The molecule has 1 saturated heterocycles. The summed E-state index contributed by atoms with van der Waals surface area (Å²) in [5.41, 5.74) is 2.04. The number of amides is 1. The number of morpholine rings is 1. The predicted octanol–water partition coefficient (Wildman–Crippen LogP) is 4.36. The fraction of sp³-hybridized carbons (Fsp3) is 0.300. The van der Waals surface area contributed by atoms with Gasteiger partial charge < -0.3 is 19.7 Å². The van der Waals surface area contributed by atoms with Gasteiger partial charge in [-0.3, -0.25) is 10.1 Å². The van der Waals surface area contributed by atoms with Gasteiger partial charge in [0.2, 0.25) is 0 Å². The van der Waals surface area contributed by atoms with Crippen LogP contribution >= 0.6 is 35.4 Å². The molecule has 1 fully saturated rings. The molecule has 1 heterocycles. The van der Waals surface area contributed by atoms with Crippen LogP contribution in [0.2, 0.25) is 10.0 Å². The number of thiocarbonyl (C=S) groups is 1. The number of nitrogens with one attached hydrogen (secondary N) is 2. The molecule has 0 bridgehead atoms. The summed E-state index contributed by atoms with van der Waals surface area (Å²) in [4.78, 5) is 14.7. The summed E-state index contributed by atoms with van der Waals surface area (Å²) in [5.74, 6) is 0.155. The van der Waals surface area contributed by atoms with E-state index in [4.69, 9.17) is 44.9 Å². The Kier molecular flexibility index (Phi) is 7.55. The summed E-state index contributed by atoms with van der Waals surface area (Å²) >= 11 is 17.6. The molecule has 0 atom stereocenters. The van der Waals surface area contributed by atoms with Crippen molar-refractivity contribution in [1.29, 1.82) is 0 Å². The van der Waals surface area contributed by atoms with Crippen LogP contribution in [-0.2, 0) is 4.74 Å². The molecular weight excluding hydrogens is 433 g/mol. The van der Waals surface area contributed by atoms with E-state index in [2.05, 4.69) is 15.5 Å². The number of benzene rings is 2. The second kappa shape index (κ2) is 10.1. The van der Waals surface area contributed by atoms with Crippen molar-refractivity contribution in [2.24, 2.45) is 0 Å². The van der Waals surface area contributed by atoms with Gasteiger partial charge in [0, 0.05) is 23.7 Å². The van der Waals surface area contributed by atoms with E-state index in [9.17, 15) is 4.79 Å². The lowest BCUT2D eigenvalue weighted by Gasteiger charge is -2.30. The van der Waals surface area contributed by atoms with Crippen LogP contribution in [0.4, 0.5) is 11.4 Å². The first-order chi connectivity index (χ1) is 14.0. The minimum absolute atomic E-state index is 0.164. The van der Waals surface area contributed by atoms with E-state index in [0.717, 1.165) is 24.5 Å². The molecule has 1 amide bonds. The Bertz CT molecular complexity index is 905. The molecule has 2 aromatic rings. The van der Waals surface area contributed by atoms with Crippen molar-refractivity contribution in [3.05, 3.63) is 52.0 Å². The van der Waals surface area contributed by atoms with Crippen molar-refractivity contribution < 1.29 is 14.3 Å². The topological polar surface area (TPSA) is 62.8 Å². The predicted molar refractivity (Wildman–Crippen MR) is 121 cm³/mol. The molecule has 0 aliphatic carbocycles. The Balaban J connectivity index is 1.69. The zero-order valence-corrected chi connectivity index (χ0v) is 18.2. The van der Waals surface area contributed by atoms with E-state index in [1.165, 1.54) is 0 Å². The van der Waals surface area contributed by atoms with Crippen molar-refractivity contribution >= 4 is 57.8 Å². The Hall–Kier alpha value is -2.06. The Morgan fingerprint density at radius 1 is 1.21 bits per heavy atom. The monoisotopic (exact) mass is 453 g/mol. The van der Waals surface area contributed by atoms with Crippen LogP contribution in [0, 0.1) is 0 Å². The normalized spacial score (nSPS) is 13.7. The van der Waals surface area contributed by atoms with Gasteiger partial charge in [-0.05, 0) is 55.5 Å². The molecule has 0 radical (unpaired) electrons. The third-order valence-electron chi connectivity index (χ3n) is 4.28. The number of hydrogen-bond acceptors (Lipinski definition) is 5. The highest BCUT2D eigenvalue weighted by Crippen LogP contribution is 2.30. The molecule has 2 aromatic carbocycles. The van der Waals surface area contributed by atoms with E-state index >= 15 is 0 Å². The van der Waals surface area contributed by atoms with Gasteiger partial charge in [0.15, 0.2) is 5.11 Å². The lowest BCUT2D eigenvalue weighted by molar-refractivity contribution is 0.0977. The number of rotatable bonds is 5. The van der Waals surface area contributed by atoms with Crippen LogP contribution < -0.4 is 20.3 Å². The molecule has 2 N–H and O–H groups in total. The molecule has 6 nitrogen and oxygen atoms in total. The minimum Gasteiger partial charge on any atom is -0.492 e. The standard InChI is InChI=1S/C20H21Cl2N3O3S/c1-2-28-18-6-3-13(11-15(18)22)19(26)24-20(29)23-16-12-14(21)4-5-17(16)25-7-9-27-10-8-25/h3-6,11-12H,2,7-10H2,1H3,(H2,23,24,26,29). The summed E-state index contributed by atoms with van der Waals surface area (Å²) < 4.78 is 10.8. The molecule has 0 unspecified atom stereocenters. The highest BCUT2D eigenvalue weighted by Gasteiger charge is 2.17. The van der Waals surface area contributed by atoms with Crippen LogP contribution in [0.15, 0.2) is 36.4 Å². The van der Waals surface area contributed by atoms with Gasteiger partial charge >= 0.3 is 0 Å². The Morgan fingerprint density at radius 2 is 1.97 bits per heavy atom. The lowest BCUT2D eigenvalue weighted by Crippen LogP contribution is -2.38. The number of hydrogen-bond donors (Lipinski definition) is 2. The van der Waals surface area contributed by atoms with E-state index < -0.39 is 0 Å². The molecule has 0 aromatic heterocycles. The summed E-state index contributed by atoms with van der Waals surface area (Å²) in [6.07, 6.45) is 0. The summed E-state index contributed by atoms with van der Waals surface area (Å²) in [6.45, 7) is 5.19. The van der Waals surface area contributed by atoms with Crippen LogP contribution in [0.5, 0.6) is 5.75 Å². The zero-order chi connectivity index (χ0) is 20.8. The zero-order valence-electron chi connectivity index (χ0n) is 15.8. The average Bonchev–Trinajstić information content (AvgIpc) is 2.70. The van der Waals surface area contributed by atoms with Crippen molar-refractivity contribution in [2.75, 3.05) is 43.1 Å². The van der Waals surface area contributed by atoms with Crippen molar-refractivity contribution in [3.8, 4) is 5.75 Å². The Morgan fingerprint density at radius 3 is 2.66 bits per heavy atom. The van der Waals surface area contributed by atoms with Gasteiger partial charge in [0.1, 0.15) is 5.75 Å². The molecule has 29 heavy (non-hydrogen) atoms. The third-order valence-corrected chi connectivity index (χ3v) is 5.01. The maximum absolute atomic E-state index is 12.5. The van der Waals surface area contributed by atoms with Crippen LogP contribution in [0.1, 0.15) is 17.3 Å². The van der Waals surface area contributed by atoms with Crippen LogP contribution in [0.3, 0.4) is 0 Å². The van der Waals surface area contributed by atoms with Gasteiger partial charge in [-0.2, -0.15) is 0 Å². The number of carbonyl (C=O) groups is 1. The van der Waals surface area contributed by atoms with E-state index in [-0.39, 0.29) is 11.0 Å². The van der Waals surface area contributed by atoms with E-state index in [1.807, 2.05) is 19.1 Å². The maximum atomic E-state index is 12.5. The van der Waals surface area contributed by atoms with Crippen molar-refractivity contribution in [3.63, 3.8) is 0 Å². The number of halogens is 2. The average molecular weight is 454 g/mol. The number of anilines is 2. The SMILES string of the molecule is CCOc1ccc(C(=O)NC(=S)Nc2cc(Cl)ccc2N2CCOCC2)cc1Cl. The second-order valence-corrected chi connectivity index (χ2v) is 7.50. The first kappa shape index (κ1) is 21.6. The summed E-state index contributed by atoms with van der Waals surface area (Å²) in [5, 5.41) is 6.83. The lowest BCUT2D eigenvalue weighted by atomic mass is 10.2. The second-order valence-electron chi connectivity index (χ2n) is 6.25. The molecule has 0 saturated carbocycles. The molecule has 9 heteroatoms. The molecule has 1 aliphatic rings. The number of nitrogens with zero attached hydrogens (tertiary/aromatic N) is 1. The highest BCUT2D eigenvalue weighted by atomic mass is 35.5. The van der Waals surface area contributed by atoms with Gasteiger partial charge in [-0.25, -0.2) is 0 Å².